The van der Waals surface area contributed by atoms with Gasteiger partial charge in [-0.15, -0.1) is 6.58 Å². The number of hydrogen-bond acceptors (Lipinski definition) is 6. The van der Waals surface area contributed by atoms with Gasteiger partial charge in [-0.25, -0.2) is 13.2 Å². The van der Waals surface area contributed by atoms with Crippen molar-refractivity contribution in [2.45, 2.75) is 18.7 Å². The minimum absolute atomic E-state index is 0.0661. The van der Waals surface area contributed by atoms with E-state index in [-0.39, 0.29) is 35.0 Å². The molecule has 2 aromatic carbocycles. The van der Waals surface area contributed by atoms with Gasteiger partial charge in [0.2, 0.25) is 0 Å². The summed E-state index contributed by atoms with van der Waals surface area (Å²) in [7, 11) is -4.21. The second-order valence-electron chi connectivity index (χ2n) is 5.77. The van der Waals surface area contributed by atoms with Gasteiger partial charge in [-0.2, -0.15) is 0 Å². The number of sulfonamides is 1. The average molecular weight is 404 g/mol. The molecule has 0 atom stereocenters. The molecule has 0 heterocycles. The molecule has 28 heavy (non-hydrogen) atoms. The number of carbonyl (C=O) groups excluding carboxylic acids is 1. The number of nitro benzene ring substituents is 1. The van der Waals surface area contributed by atoms with E-state index in [1.165, 1.54) is 37.3 Å². The maximum Gasteiger partial charge on any atom is 0.340 e. The molecule has 0 saturated heterocycles. The number of para-hydroxylation sites is 1. The fourth-order valence-corrected chi connectivity index (χ4v) is 4.06. The van der Waals surface area contributed by atoms with E-state index in [0.29, 0.717) is 5.56 Å². The Hall–Kier alpha value is -3.20. The van der Waals surface area contributed by atoms with Crippen LogP contribution in [-0.4, -0.2) is 32.5 Å². The summed E-state index contributed by atoms with van der Waals surface area (Å²) in [6.07, 6.45) is 1.36. The number of benzene rings is 2. The van der Waals surface area contributed by atoms with Gasteiger partial charge in [0, 0.05) is 11.6 Å². The summed E-state index contributed by atoms with van der Waals surface area (Å²) >= 11 is 0. The van der Waals surface area contributed by atoms with Crippen molar-refractivity contribution in [2.24, 2.45) is 0 Å². The van der Waals surface area contributed by atoms with Crippen LogP contribution in [0, 0.1) is 17.0 Å². The predicted octanol–water partition coefficient (Wildman–Crippen LogP) is 3.46. The highest BCUT2D eigenvalue weighted by molar-refractivity contribution is 7.92. The number of carbonyl (C=O) groups is 1. The van der Waals surface area contributed by atoms with Gasteiger partial charge in [-0.3, -0.25) is 14.4 Å². The van der Waals surface area contributed by atoms with Crippen molar-refractivity contribution in [1.29, 1.82) is 0 Å². The summed E-state index contributed by atoms with van der Waals surface area (Å²) in [5.41, 5.74) is 0.199. The van der Waals surface area contributed by atoms with Crippen LogP contribution in [0.25, 0.3) is 0 Å². The van der Waals surface area contributed by atoms with E-state index < -0.39 is 20.9 Å². The van der Waals surface area contributed by atoms with Gasteiger partial charge in [0.15, 0.2) is 0 Å². The molecule has 0 N–H and O–H groups in total. The third-order valence-corrected chi connectivity index (χ3v) is 5.70. The number of nitro groups is 1. The summed E-state index contributed by atoms with van der Waals surface area (Å²) in [6, 6.07) is 9.77. The monoisotopic (exact) mass is 404 g/mol. The Morgan fingerprint density at radius 3 is 2.57 bits per heavy atom. The van der Waals surface area contributed by atoms with Gasteiger partial charge < -0.3 is 4.74 Å². The van der Waals surface area contributed by atoms with E-state index in [1.54, 1.807) is 19.1 Å². The van der Waals surface area contributed by atoms with E-state index in [1.807, 2.05) is 0 Å². The minimum atomic E-state index is -4.21. The van der Waals surface area contributed by atoms with Crippen molar-refractivity contribution in [3.63, 3.8) is 0 Å². The number of esters is 1. The van der Waals surface area contributed by atoms with Crippen molar-refractivity contribution in [3.05, 3.63) is 76.4 Å². The zero-order valence-corrected chi connectivity index (χ0v) is 16.3. The number of hydrogen-bond donors (Lipinski definition) is 0. The summed E-state index contributed by atoms with van der Waals surface area (Å²) in [6.45, 7) is 6.73. The largest absolute Gasteiger partial charge is 0.462 e. The molecule has 2 rings (SSSR count). The van der Waals surface area contributed by atoms with Gasteiger partial charge in [-0.1, -0.05) is 24.3 Å². The van der Waals surface area contributed by atoms with Crippen LogP contribution in [-0.2, 0) is 14.8 Å². The molecule has 0 fully saturated rings. The van der Waals surface area contributed by atoms with Crippen LogP contribution in [0.3, 0.4) is 0 Å². The molecule has 0 aromatic heterocycles. The Morgan fingerprint density at radius 2 is 1.96 bits per heavy atom. The SMILES string of the molecule is C=CCN(c1ccccc1C(=O)OCC)S(=O)(=O)c1ccc(C)c([N+](=O)[O-])c1. The zero-order chi connectivity index (χ0) is 20.9. The average Bonchev–Trinajstić information content (AvgIpc) is 2.66. The molecule has 0 aliphatic heterocycles. The van der Waals surface area contributed by atoms with E-state index in [9.17, 15) is 23.3 Å². The summed E-state index contributed by atoms with van der Waals surface area (Å²) in [5.74, 6) is -0.669. The van der Waals surface area contributed by atoms with Gasteiger partial charge in [0.1, 0.15) is 0 Å². The van der Waals surface area contributed by atoms with E-state index in [2.05, 4.69) is 6.58 Å². The maximum absolute atomic E-state index is 13.2. The maximum atomic E-state index is 13.2. The Bertz CT molecular complexity index is 1020. The van der Waals surface area contributed by atoms with Gasteiger partial charge in [-0.05, 0) is 32.0 Å². The number of aryl methyl sites for hydroxylation is 1. The lowest BCUT2D eigenvalue weighted by Gasteiger charge is -2.25. The Balaban J connectivity index is 2.64. The molecule has 0 bridgehead atoms. The second-order valence-corrected chi connectivity index (χ2v) is 7.63. The van der Waals surface area contributed by atoms with Crippen LogP contribution in [0.15, 0.2) is 60.0 Å². The molecular formula is C19H20N2O6S. The molecule has 148 valence electrons. The summed E-state index contributed by atoms with van der Waals surface area (Å²) in [5, 5.41) is 11.2. The predicted molar refractivity (Wildman–Crippen MR) is 105 cm³/mol. The number of nitrogens with zero attached hydrogens (tertiary/aromatic N) is 2. The van der Waals surface area contributed by atoms with Gasteiger partial charge >= 0.3 is 5.97 Å². The van der Waals surface area contributed by atoms with Crippen LogP contribution in [0.5, 0.6) is 0 Å². The molecule has 0 saturated carbocycles. The fraction of sp³-hybridized carbons (Fsp3) is 0.211. The smallest absolute Gasteiger partial charge is 0.340 e. The fourth-order valence-electron chi connectivity index (χ4n) is 2.59. The summed E-state index contributed by atoms with van der Waals surface area (Å²) < 4.78 is 32.5. The zero-order valence-electron chi connectivity index (χ0n) is 15.5. The first-order valence-electron chi connectivity index (χ1n) is 8.38. The van der Waals surface area contributed by atoms with Gasteiger partial charge in [0.25, 0.3) is 15.7 Å². The highest BCUT2D eigenvalue weighted by atomic mass is 32.2. The molecule has 0 amide bonds. The Morgan fingerprint density at radius 1 is 1.29 bits per heavy atom. The van der Waals surface area contributed by atoms with E-state index in [0.717, 1.165) is 10.4 Å². The van der Waals surface area contributed by atoms with Crippen molar-refractivity contribution < 1.29 is 22.9 Å². The molecule has 8 nitrogen and oxygen atoms in total. The first kappa shape index (κ1) is 21.1. The van der Waals surface area contributed by atoms with E-state index >= 15 is 0 Å². The molecule has 2 aromatic rings. The van der Waals surface area contributed by atoms with Crippen LogP contribution in [0.4, 0.5) is 11.4 Å². The first-order chi connectivity index (χ1) is 13.2. The van der Waals surface area contributed by atoms with Crippen LogP contribution >= 0.6 is 0 Å². The third kappa shape index (κ3) is 4.20. The lowest BCUT2D eigenvalue weighted by Crippen LogP contribution is -2.32. The van der Waals surface area contributed by atoms with E-state index in [4.69, 9.17) is 4.74 Å². The van der Waals surface area contributed by atoms with Crippen LogP contribution in [0.2, 0.25) is 0 Å². The highest BCUT2D eigenvalue weighted by Crippen LogP contribution is 2.30. The molecule has 0 radical (unpaired) electrons. The molecule has 0 spiro atoms. The molecule has 0 unspecified atom stereocenters. The van der Waals surface area contributed by atoms with Crippen molar-refractivity contribution in [3.8, 4) is 0 Å². The normalized spacial score (nSPS) is 10.9. The number of ether oxygens (including phenoxy) is 1. The quantitative estimate of drug-likeness (QED) is 0.289. The van der Waals surface area contributed by atoms with Crippen molar-refractivity contribution in [2.75, 3.05) is 17.5 Å². The van der Waals surface area contributed by atoms with Crippen LogP contribution < -0.4 is 4.31 Å². The lowest BCUT2D eigenvalue weighted by molar-refractivity contribution is -0.385. The molecule has 9 heteroatoms. The minimum Gasteiger partial charge on any atom is -0.462 e. The van der Waals surface area contributed by atoms with Gasteiger partial charge in [0.05, 0.1) is 34.2 Å². The molecule has 0 aliphatic rings. The topological polar surface area (TPSA) is 107 Å². The van der Waals surface area contributed by atoms with Crippen molar-refractivity contribution >= 4 is 27.4 Å². The number of rotatable bonds is 8. The third-order valence-electron chi connectivity index (χ3n) is 3.93. The Kier molecular flexibility index (Phi) is 6.53. The first-order valence-corrected chi connectivity index (χ1v) is 9.82. The van der Waals surface area contributed by atoms with Crippen LogP contribution in [0.1, 0.15) is 22.8 Å². The molecular weight excluding hydrogens is 384 g/mol. The lowest BCUT2D eigenvalue weighted by atomic mass is 10.2. The molecule has 0 aliphatic carbocycles. The highest BCUT2D eigenvalue weighted by Gasteiger charge is 2.29. The Labute approximate surface area is 163 Å². The summed E-state index contributed by atoms with van der Waals surface area (Å²) in [4.78, 5) is 22.6. The standard InChI is InChI=1S/C19H20N2O6S/c1-4-12-20(17-9-7-6-8-16(17)19(22)27-5-2)28(25,26)15-11-10-14(3)18(13-15)21(23)24/h4,6-11,13H,1,5,12H2,2-3H3. The second kappa shape index (κ2) is 8.66. The van der Waals surface area contributed by atoms with Crippen molar-refractivity contribution in [1.82, 2.24) is 0 Å². The number of anilines is 1.